The van der Waals surface area contributed by atoms with E-state index in [1.54, 1.807) is 7.11 Å². The van der Waals surface area contributed by atoms with E-state index in [0.29, 0.717) is 6.42 Å². The molecule has 0 atom stereocenters. The number of methoxy groups -OCH3 is 1. The molecule has 2 rings (SSSR count). The zero-order valence-corrected chi connectivity index (χ0v) is 8.95. The van der Waals surface area contributed by atoms with Gasteiger partial charge in [-0.3, -0.25) is 5.10 Å². The second-order valence-electron chi connectivity index (χ2n) is 3.08. The lowest BCUT2D eigenvalue weighted by Gasteiger charge is -2.01. The van der Waals surface area contributed by atoms with E-state index in [2.05, 4.69) is 15.2 Å². The highest BCUT2D eigenvalue weighted by Gasteiger charge is 2.02. The molecule has 0 bridgehead atoms. The molecule has 1 aromatic carbocycles. The topological polar surface area (TPSA) is 50.8 Å². The van der Waals surface area contributed by atoms with Crippen LogP contribution in [0.2, 0.25) is 5.28 Å². The van der Waals surface area contributed by atoms with Crippen LogP contribution in [0.5, 0.6) is 5.75 Å². The van der Waals surface area contributed by atoms with Gasteiger partial charge in [0.1, 0.15) is 11.6 Å². The second kappa shape index (κ2) is 4.31. The lowest BCUT2D eigenvalue weighted by molar-refractivity contribution is 0.414. The van der Waals surface area contributed by atoms with Gasteiger partial charge in [-0.05, 0) is 29.3 Å². The van der Waals surface area contributed by atoms with E-state index in [1.165, 1.54) is 0 Å². The van der Waals surface area contributed by atoms with Gasteiger partial charge in [0.2, 0.25) is 5.28 Å². The Hall–Kier alpha value is -1.55. The highest BCUT2D eigenvalue weighted by Crippen LogP contribution is 2.14. The van der Waals surface area contributed by atoms with Crippen molar-refractivity contribution in [2.45, 2.75) is 6.42 Å². The molecule has 0 saturated carbocycles. The summed E-state index contributed by atoms with van der Waals surface area (Å²) in [4.78, 5) is 4.02. The number of benzene rings is 1. The van der Waals surface area contributed by atoms with Crippen molar-refractivity contribution >= 4 is 11.6 Å². The van der Waals surface area contributed by atoms with Crippen molar-refractivity contribution in [2.24, 2.45) is 0 Å². The quantitative estimate of drug-likeness (QED) is 0.867. The highest BCUT2D eigenvalue weighted by atomic mass is 35.5. The fourth-order valence-corrected chi connectivity index (χ4v) is 1.47. The molecule has 0 aliphatic heterocycles. The number of H-pyrrole nitrogens is 1. The number of rotatable bonds is 3. The van der Waals surface area contributed by atoms with Gasteiger partial charge in [0, 0.05) is 6.42 Å². The minimum absolute atomic E-state index is 0.243. The zero-order chi connectivity index (χ0) is 10.7. The molecule has 0 spiro atoms. The van der Waals surface area contributed by atoms with Crippen molar-refractivity contribution in [1.29, 1.82) is 0 Å². The summed E-state index contributed by atoms with van der Waals surface area (Å²) in [6.45, 7) is 0. The number of hydrogen-bond donors (Lipinski definition) is 1. The molecule has 78 valence electrons. The maximum atomic E-state index is 5.61. The van der Waals surface area contributed by atoms with Crippen molar-refractivity contribution in [3.8, 4) is 5.75 Å². The van der Waals surface area contributed by atoms with Crippen molar-refractivity contribution < 1.29 is 4.74 Å². The fraction of sp³-hybridized carbons (Fsp3) is 0.200. The summed E-state index contributed by atoms with van der Waals surface area (Å²) < 4.78 is 5.13. The third kappa shape index (κ3) is 2.47. The Balaban J connectivity index is 2.16. The molecule has 0 saturated heterocycles. The predicted molar refractivity (Wildman–Crippen MR) is 57.2 cm³/mol. The molecule has 15 heavy (non-hydrogen) atoms. The van der Waals surface area contributed by atoms with Crippen LogP contribution >= 0.6 is 11.6 Å². The molecule has 4 nitrogen and oxygen atoms in total. The van der Waals surface area contributed by atoms with Crippen LogP contribution in [-0.2, 0) is 6.42 Å². The second-order valence-corrected chi connectivity index (χ2v) is 3.42. The lowest BCUT2D eigenvalue weighted by atomic mass is 10.1. The normalized spacial score (nSPS) is 10.3. The van der Waals surface area contributed by atoms with Crippen molar-refractivity contribution in [3.63, 3.8) is 0 Å². The van der Waals surface area contributed by atoms with E-state index in [-0.39, 0.29) is 5.28 Å². The molecule has 1 N–H and O–H groups in total. The third-order valence-electron chi connectivity index (χ3n) is 2.01. The van der Waals surface area contributed by atoms with E-state index in [1.807, 2.05) is 24.3 Å². The fourth-order valence-electron chi connectivity index (χ4n) is 1.33. The van der Waals surface area contributed by atoms with Crippen LogP contribution in [0.3, 0.4) is 0 Å². The molecular weight excluding hydrogens is 214 g/mol. The van der Waals surface area contributed by atoms with E-state index in [4.69, 9.17) is 16.3 Å². The van der Waals surface area contributed by atoms with Gasteiger partial charge in [-0.25, -0.2) is 4.98 Å². The Labute approximate surface area is 92.3 Å². The Morgan fingerprint density at radius 2 is 2.33 bits per heavy atom. The number of hydrogen-bond acceptors (Lipinski definition) is 3. The zero-order valence-electron chi connectivity index (χ0n) is 8.20. The van der Waals surface area contributed by atoms with E-state index in [0.717, 1.165) is 17.1 Å². The van der Waals surface area contributed by atoms with Gasteiger partial charge in [0.05, 0.1) is 7.11 Å². The van der Waals surface area contributed by atoms with Gasteiger partial charge in [-0.1, -0.05) is 12.1 Å². The van der Waals surface area contributed by atoms with Crippen molar-refractivity contribution in [2.75, 3.05) is 7.11 Å². The number of nitrogens with one attached hydrogen (secondary N) is 1. The lowest BCUT2D eigenvalue weighted by Crippen LogP contribution is -1.92. The third-order valence-corrected chi connectivity index (χ3v) is 2.18. The largest absolute Gasteiger partial charge is 0.497 e. The van der Waals surface area contributed by atoms with E-state index in [9.17, 15) is 0 Å². The van der Waals surface area contributed by atoms with Gasteiger partial charge in [-0.15, -0.1) is 5.10 Å². The Morgan fingerprint density at radius 3 is 3.00 bits per heavy atom. The average molecular weight is 224 g/mol. The van der Waals surface area contributed by atoms with Gasteiger partial charge >= 0.3 is 0 Å². The summed E-state index contributed by atoms with van der Waals surface area (Å²) >= 11 is 5.61. The number of nitrogens with zero attached hydrogens (tertiary/aromatic N) is 2. The number of halogens is 1. The minimum atomic E-state index is 0.243. The smallest absolute Gasteiger partial charge is 0.242 e. The first-order valence-corrected chi connectivity index (χ1v) is 4.85. The van der Waals surface area contributed by atoms with Crippen LogP contribution in [-0.4, -0.2) is 22.3 Å². The maximum absolute atomic E-state index is 5.61. The minimum Gasteiger partial charge on any atom is -0.497 e. The van der Waals surface area contributed by atoms with Crippen molar-refractivity contribution in [3.05, 3.63) is 40.9 Å². The average Bonchev–Trinajstić information content (AvgIpc) is 2.64. The number of aromatic amines is 1. The predicted octanol–water partition coefficient (Wildman–Crippen LogP) is 2.06. The summed E-state index contributed by atoms with van der Waals surface area (Å²) in [5.41, 5.74) is 1.10. The molecule has 2 aromatic rings. The summed E-state index contributed by atoms with van der Waals surface area (Å²) in [7, 11) is 1.64. The van der Waals surface area contributed by atoms with Crippen molar-refractivity contribution in [1.82, 2.24) is 15.2 Å². The molecule has 5 heteroatoms. The molecule has 0 radical (unpaired) electrons. The Kier molecular flexibility index (Phi) is 2.87. The van der Waals surface area contributed by atoms with Gasteiger partial charge < -0.3 is 4.74 Å². The van der Waals surface area contributed by atoms with Gasteiger partial charge in [0.25, 0.3) is 0 Å². The molecule has 0 unspecified atom stereocenters. The van der Waals surface area contributed by atoms with Crippen LogP contribution in [0.15, 0.2) is 24.3 Å². The Bertz CT molecular complexity index is 455. The first-order chi connectivity index (χ1) is 7.28. The number of ether oxygens (including phenoxy) is 1. The summed E-state index contributed by atoms with van der Waals surface area (Å²) in [5, 5.41) is 6.75. The maximum Gasteiger partial charge on any atom is 0.242 e. The molecule has 1 heterocycles. The van der Waals surface area contributed by atoms with Crippen LogP contribution in [0.1, 0.15) is 11.4 Å². The van der Waals surface area contributed by atoms with Crippen LogP contribution in [0.4, 0.5) is 0 Å². The standard InChI is InChI=1S/C10H10ClN3O/c1-15-8-4-2-3-7(5-8)6-9-12-10(11)14-13-9/h2-5H,6H2,1H3,(H,12,13,14). The van der Waals surface area contributed by atoms with Crippen LogP contribution in [0, 0.1) is 0 Å². The first-order valence-electron chi connectivity index (χ1n) is 4.47. The molecular formula is C10H10ClN3O. The molecule has 1 aromatic heterocycles. The van der Waals surface area contributed by atoms with Gasteiger partial charge in [0.15, 0.2) is 0 Å². The molecule has 0 amide bonds. The Morgan fingerprint density at radius 1 is 1.47 bits per heavy atom. The first kappa shape index (κ1) is 9.98. The SMILES string of the molecule is COc1cccc(Cc2nc(Cl)n[nH]2)c1. The number of aromatic nitrogens is 3. The van der Waals surface area contributed by atoms with Crippen LogP contribution < -0.4 is 4.74 Å². The molecule has 0 fully saturated rings. The molecule has 0 aliphatic carbocycles. The van der Waals surface area contributed by atoms with Crippen LogP contribution in [0.25, 0.3) is 0 Å². The van der Waals surface area contributed by atoms with E-state index < -0.39 is 0 Å². The van der Waals surface area contributed by atoms with E-state index >= 15 is 0 Å². The van der Waals surface area contributed by atoms with Gasteiger partial charge in [-0.2, -0.15) is 0 Å². The molecule has 0 aliphatic rings. The summed E-state index contributed by atoms with van der Waals surface area (Å²) in [5.74, 6) is 1.58. The highest BCUT2D eigenvalue weighted by molar-refractivity contribution is 6.28. The monoisotopic (exact) mass is 223 g/mol. The summed E-state index contributed by atoms with van der Waals surface area (Å²) in [6, 6.07) is 7.79. The summed E-state index contributed by atoms with van der Waals surface area (Å²) in [6.07, 6.45) is 0.664.